The van der Waals surface area contributed by atoms with Crippen molar-refractivity contribution in [2.24, 2.45) is 0 Å². The molecule has 1 N–H and O–H groups in total. The first-order valence-corrected chi connectivity index (χ1v) is 5.52. The molecule has 2 atom stereocenters. The van der Waals surface area contributed by atoms with Gasteiger partial charge in [0, 0.05) is 5.92 Å². The highest BCUT2D eigenvalue weighted by Crippen LogP contribution is 2.26. The molecule has 0 amide bonds. The topological polar surface area (TPSA) is 20.2 Å². The summed E-state index contributed by atoms with van der Waals surface area (Å²) < 4.78 is 0. The molecule has 1 rings (SSSR count). The van der Waals surface area contributed by atoms with Crippen LogP contribution in [0.15, 0.2) is 30.3 Å². The molecule has 0 bridgehead atoms. The average molecular weight is 192 g/mol. The fraction of sp³-hybridized carbons (Fsp3) is 0.538. The van der Waals surface area contributed by atoms with Gasteiger partial charge >= 0.3 is 0 Å². The fourth-order valence-electron chi connectivity index (χ4n) is 1.88. The second-order valence-electron chi connectivity index (χ2n) is 3.78. The molecular weight excluding hydrogens is 172 g/mol. The minimum atomic E-state index is -0.197. The Morgan fingerprint density at radius 3 is 2.29 bits per heavy atom. The van der Waals surface area contributed by atoms with E-state index < -0.39 is 0 Å². The first-order valence-electron chi connectivity index (χ1n) is 5.52. The van der Waals surface area contributed by atoms with Crippen molar-refractivity contribution in [1.29, 1.82) is 0 Å². The Morgan fingerprint density at radius 2 is 1.79 bits per heavy atom. The average Bonchev–Trinajstić information content (AvgIpc) is 2.26. The lowest BCUT2D eigenvalue weighted by Crippen LogP contribution is -2.17. The van der Waals surface area contributed by atoms with Gasteiger partial charge in [-0.3, -0.25) is 0 Å². The molecule has 1 nitrogen and oxygen atoms in total. The third kappa shape index (κ3) is 2.85. The molecule has 1 heteroatoms. The monoisotopic (exact) mass is 192 g/mol. The van der Waals surface area contributed by atoms with Gasteiger partial charge < -0.3 is 5.11 Å². The molecule has 78 valence electrons. The first kappa shape index (κ1) is 11.3. The lowest BCUT2D eigenvalue weighted by molar-refractivity contribution is 0.134. The standard InChI is InChI=1S/C13H20O/c1-3-8-12(13(14)4-2)11-9-6-5-7-10-11/h5-7,9-10,12-14H,3-4,8H2,1-2H3. The smallest absolute Gasteiger partial charge is 0.0606 e. The van der Waals surface area contributed by atoms with Gasteiger partial charge in [0.1, 0.15) is 0 Å². The number of hydrogen-bond donors (Lipinski definition) is 1. The van der Waals surface area contributed by atoms with Crippen molar-refractivity contribution in [3.63, 3.8) is 0 Å². The summed E-state index contributed by atoms with van der Waals surface area (Å²) in [7, 11) is 0. The minimum Gasteiger partial charge on any atom is -0.393 e. The van der Waals surface area contributed by atoms with Crippen LogP contribution in [-0.4, -0.2) is 11.2 Å². The molecule has 0 aliphatic carbocycles. The molecule has 2 unspecified atom stereocenters. The largest absolute Gasteiger partial charge is 0.393 e. The van der Waals surface area contributed by atoms with Gasteiger partial charge in [0.25, 0.3) is 0 Å². The van der Waals surface area contributed by atoms with Crippen LogP contribution in [0.25, 0.3) is 0 Å². The maximum Gasteiger partial charge on any atom is 0.0606 e. The Labute approximate surface area is 86.8 Å². The first-order chi connectivity index (χ1) is 6.79. The Hall–Kier alpha value is -0.820. The van der Waals surface area contributed by atoms with Crippen molar-refractivity contribution in [2.75, 3.05) is 0 Å². The maximum absolute atomic E-state index is 9.90. The van der Waals surface area contributed by atoms with Crippen molar-refractivity contribution in [3.05, 3.63) is 35.9 Å². The Bertz CT molecular complexity index is 243. The lowest BCUT2D eigenvalue weighted by atomic mass is 9.88. The van der Waals surface area contributed by atoms with Crippen molar-refractivity contribution in [1.82, 2.24) is 0 Å². The summed E-state index contributed by atoms with van der Waals surface area (Å²) >= 11 is 0. The normalized spacial score (nSPS) is 15.1. The van der Waals surface area contributed by atoms with Crippen LogP contribution in [0.2, 0.25) is 0 Å². The van der Waals surface area contributed by atoms with E-state index in [0.717, 1.165) is 19.3 Å². The van der Waals surface area contributed by atoms with E-state index in [-0.39, 0.29) is 6.10 Å². The third-order valence-corrected chi connectivity index (χ3v) is 2.71. The van der Waals surface area contributed by atoms with Crippen LogP contribution in [0, 0.1) is 0 Å². The Morgan fingerprint density at radius 1 is 1.14 bits per heavy atom. The molecule has 0 radical (unpaired) electrons. The van der Waals surface area contributed by atoms with Crippen LogP contribution in [0.3, 0.4) is 0 Å². The highest BCUT2D eigenvalue weighted by molar-refractivity contribution is 5.20. The SMILES string of the molecule is CCCC(c1ccccc1)C(O)CC. The number of aliphatic hydroxyl groups is 1. The molecule has 0 saturated carbocycles. The molecule has 1 aromatic rings. The molecular formula is C13H20O. The van der Waals surface area contributed by atoms with Crippen LogP contribution in [0.1, 0.15) is 44.6 Å². The highest BCUT2D eigenvalue weighted by Gasteiger charge is 2.17. The molecule has 0 aliphatic rings. The predicted octanol–water partition coefficient (Wildman–Crippen LogP) is 3.34. The molecule has 1 aromatic carbocycles. The summed E-state index contributed by atoms with van der Waals surface area (Å²) in [6, 6.07) is 10.3. The van der Waals surface area contributed by atoms with Crippen molar-refractivity contribution >= 4 is 0 Å². The summed E-state index contributed by atoms with van der Waals surface area (Å²) in [5.41, 5.74) is 1.27. The molecule has 0 saturated heterocycles. The van der Waals surface area contributed by atoms with Crippen molar-refractivity contribution < 1.29 is 5.11 Å². The quantitative estimate of drug-likeness (QED) is 0.758. The molecule has 14 heavy (non-hydrogen) atoms. The van der Waals surface area contributed by atoms with Crippen molar-refractivity contribution in [2.45, 2.75) is 45.1 Å². The summed E-state index contributed by atoms with van der Waals surface area (Å²) in [5, 5.41) is 9.90. The zero-order valence-electron chi connectivity index (χ0n) is 9.11. The highest BCUT2D eigenvalue weighted by atomic mass is 16.3. The summed E-state index contributed by atoms with van der Waals surface area (Å²) in [6.45, 7) is 4.20. The van der Waals surface area contributed by atoms with Gasteiger partial charge in [-0.25, -0.2) is 0 Å². The fourth-order valence-corrected chi connectivity index (χ4v) is 1.88. The van der Waals surface area contributed by atoms with E-state index in [1.807, 2.05) is 25.1 Å². The number of rotatable bonds is 5. The minimum absolute atomic E-state index is 0.197. The van der Waals surface area contributed by atoms with E-state index in [0.29, 0.717) is 5.92 Å². The molecule has 0 spiro atoms. The third-order valence-electron chi connectivity index (χ3n) is 2.71. The summed E-state index contributed by atoms with van der Waals surface area (Å²) in [6.07, 6.45) is 2.83. The van der Waals surface area contributed by atoms with Crippen LogP contribution in [-0.2, 0) is 0 Å². The van der Waals surface area contributed by atoms with Gasteiger partial charge in [-0.1, -0.05) is 50.6 Å². The second kappa shape index (κ2) is 5.82. The maximum atomic E-state index is 9.90. The van der Waals surface area contributed by atoms with Gasteiger partial charge in [-0.15, -0.1) is 0 Å². The van der Waals surface area contributed by atoms with Gasteiger partial charge in [0.2, 0.25) is 0 Å². The Kier molecular flexibility index (Phi) is 4.68. The molecule has 0 aliphatic heterocycles. The zero-order chi connectivity index (χ0) is 10.4. The van der Waals surface area contributed by atoms with E-state index in [2.05, 4.69) is 19.1 Å². The van der Waals surface area contributed by atoms with Crippen LogP contribution < -0.4 is 0 Å². The molecule has 0 fully saturated rings. The van der Waals surface area contributed by atoms with Crippen LogP contribution in [0.5, 0.6) is 0 Å². The van der Waals surface area contributed by atoms with Crippen LogP contribution >= 0.6 is 0 Å². The number of hydrogen-bond acceptors (Lipinski definition) is 1. The summed E-state index contributed by atoms with van der Waals surface area (Å²) in [4.78, 5) is 0. The number of benzene rings is 1. The Balaban J connectivity index is 2.77. The van der Waals surface area contributed by atoms with E-state index >= 15 is 0 Å². The summed E-state index contributed by atoms with van der Waals surface area (Å²) in [5.74, 6) is 0.311. The van der Waals surface area contributed by atoms with E-state index in [9.17, 15) is 5.11 Å². The van der Waals surface area contributed by atoms with Gasteiger partial charge in [0.15, 0.2) is 0 Å². The van der Waals surface area contributed by atoms with E-state index in [1.54, 1.807) is 0 Å². The van der Waals surface area contributed by atoms with Gasteiger partial charge in [-0.05, 0) is 18.4 Å². The number of aliphatic hydroxyl groups excluding tert-OH is 1. The molecule has 0 heterocycles. The second-order valence-corrected chi connectivity index (χ2v) is 3.78. The van der Waals surface area contributed by atoms with E-state index in [4.69, 9.17) is 0 Å². The van der Waals surface area contributed by atoms with Gasteiger partial charge in [-0.2, -0.15) is 0 Å². The van der Waals surface area contributed by atoms with Crippen LogP contribution in [0.4, 0.5) is 0 Å². The predicted molar refractivity (Wildman–Crippen MR) is 60.4 cm³/mol. The van der Waals surface area contributed by atoms with E-state index in [1.165, 1.54) is 5.56 Å². The zero-order valence-corrected chi connectivity index (χ0v) is 9.11. The van der Waals surface area contributed by atoms with Crippen molar-refractivity contribution in [3.8, 4) is 0 Å². The molecule has 0 aromatic heterocycles. The van der Waals surface area contributed by atoms with Gasteiger partial charge in [0.05, 0.1) is 6.10 Å². The lowest BCUT2D eigenvalue weighted by Gasteiger charge is -2.21.